The molecule has 1 heterocycles. The van der Waals surface area contributed by atoms with Crippen LogP contribution in [0.15, 0.2) is 43.0 Å². The lowest BCUT2D eigenvalue weighted by molar-refractivity contribution is -0.193. The molecule has 3 heteroatoms. The Kier molecular flexibility index (Phi) is 3.94. The lowest BCUT2D eigenvalue weighted by Gasteiger charge is -2.42. The molecule has 3 nitrogen and oxygen atoms in total. The summed E-state index contributed by atoms with van der Waals surface area (Å²) in [5.74, 6) is 0. The van der Waals surface area contributed by atoms with Crippen LogP contribution in [-0.4, -0.2) is 36.0 Å². The molecule has 1 unspecified atom stereocenters. The molecule has 0 saturated carbocycles. The Hall–Kier alpha value is -1.16. The van der Waals surface area contributed by atoms with Crippen molar-refractivity contribution in [3.63, 3.8) is 0 Å². The second kappa shape index (κ2) is 5.45. The van der Waals surface area contributed by atoms with Gasteiger partial charge in [0.2, 0.25) is 0 Å². The number of hydrogen-bond donors (Lipinski definition) is 1. The Labute approximate surface area is 102 Å². The van der Waals surface area contributed by atoms with Gasteiger partial charge in [-0.3, -0.25) is 4.90 Å². The number of aliphatic hydroxyl groups is 1. The van der Waals surface area contributed by atoms with Crippen LogP contribution in [0.4, 0.5) is 0 Å². The molecule has 3 atom stereocenters. The van der Waals surface area contributed by atoms with Gasteiger partial charge >= 0.3 is 0 Å². The van der Waals surface area contributed by atoms with Crippen molar-refractivity contribution < 1.29 is 9.84 Å². The zero-order valence-electron chi connectivity index (χ0n) is 10.1. The van der Waals surface area contributed by atoms with E-state index in [1.165, 1.54) is 5.56 Å². The molecule has 1 N–H and O–H groups in total. The van der Waals surface area contributed by atoms with E-state index in [9.17, 15) is 5.11 Å². The summed E-state index contributed by atoms with van der Waals surface area (Å²) >= 11 is 0. The van der Waals surface area contributed by atoms with Gasteiger partial charge in [-0.25, -0.2) is 0 Å². The molecule has 1 saturated heterocycles. The largest absolute Gasteiger partial charge is 0.367 e. The topological polar surface area (TPSA) is 32.7 Å². The number of aliphatic hydroxyl groups excluding tert-OH is 1. The molecule has 0 aromatic heterocycles. The Bertz CT molecular complexity index is 366. The summed E-state index contributed by atoms with van der Waals surface area (Å²) < 4.78 is 5.45. The third-order valence-electron chi connectivity index (χ3n) is 3.36. The Morgan fingerprint density at radius 1 is 1.47 bits per heavy atom. The van der Waals surface area contributed by atoms with Crippen LogP contribution in [-0.2, 0) is 4.74 Å². The summed E-state index contributed by atoms with van der Waals surface area (Å²) in [6, 6.07) is 10.4. The molecule has 92 valence electrons. The fourth-order valence-electron chi connectivity index (χ4n) is 2.31. The maximum absolute atomic E-state index is 9.82. The lowest BCUT2D eigenvalue weighted by Crippen LogP contribution is -2.50. The number of ether oxygens (including phenoxy) is 1. The predicted octanol–water partition coefficient (Wildman–Crippen LogP) is 1.95. The number of rotatable bonds is 3. The minimum atomic E-state index is -0.724. The van der Waals surface area contributed by atoms with Crippen molar-refractivity contribution in [1.82, 2.24) is 4.90 Å². The molecule has 0 spiro atoms. The maximum atomic E-state index is 9.82. The molecular formula is C14H19NO2. The van der Waals surface area contributed by atoms with Crippen LogP contribution in [0, 0.1) is 0 Å². The number of likely N-dealkylation sites (N-methyl/N-ethyl adjacent to an activating group) is 1. The molecule has 0 aliphatic carbocycles. The molecule has 1 aliphatic rings. The van der Waals surface area contributed by atoms with Crippen molar-refractivity contribution in [1.29, 1.82) is 0 Å². The fourth-order valence-corrected chi connectivity index (χ4v) is 2.31. The zero-order chi connectivity index (χ0) is 12.3. The van der Waals surface area contributed by atoms with E-state index < -0.39 is 6.29 Å². The lowest BCUT2D eigenvalue weighted by atomic mass is 10.0. The van der Waals surface area contributed by atoms with Gasteiger partial charge in [-0.1, -0.05) is 36.4 Å². The van der Waals surface area contributed by atoms with E-state index in [2.05, 4.69) is 23.6 Å². The Morgan fingerprint density at radius 2 is 2.18 bits per heavy atom. The summed E-state index contributed by atoms with van der Waals surface area (Å²) in [6.07, 6.45) is 1.82. The van der Waals surface area contributed by atoms with Gasteiger partial charge in [0.05, 0.1) is 18.7 Å². The Morgan fingerprint density at radius 3 is 2.82 bits per heavy atom. The first-order valence-electron chi connectivity index (χ1n) is 5.91. The highest BCUT2D eigenvalue weighted by Crippen LogP contribution is 2.29. The minimum Gasteiger partial charge on any atom is -0.367 e. The predicted molar refractivity (Wildman–Crippen MR) is 67.5 cm³/mol. The normalized spacial score (nSPS) is 30.1. The average Bonchev–Trinajstić information content (AvgIpc) is 2.36. The van der Waals surface area contributed by atoms with Gasteiger partial charge < -0.3 is 9.84 Å². The van der Waals surface area contributed by atoms with Crippen LogP contribution in [0.25, 0.3) is 0 Å². The van der Waals surface area contributed by atoms with Crippen molar-refractivity contribution in [2.75, 3.05) is 13.7 Å². The molecule has 0 bridgehead atoms. The quantitative estimate of drug-likeness (QED) is 0.810. The molecule has 0 amide bonds. The summed E-state index contributed by atoms with van der Waals surface area (Å²) in [5, 5.41) is 9.82. The molecule has 1 fully saturated rings. The van der Waals surface area contributed by atoms with Gasteiger partial charge in [0, 0.05) is 0 Å². The Balaban J connectivity index is 2.17. The van der Waals surface area contributed by atoms with E-state index in [1.54, 1.807) is 0 Å². The smallest absolute Gasteiger partial charge is 0.170 e. The highest BCUT2D eigenvalue weighted by Gasteiger charge is 2.34. The van der Waals surface area contributed by atoms with E-state index in [4.69, 9.17) is 4.74 Å². The number of morpholine rings is 1. The molecule has 0 radical (unpaired) electrons. The van der Waals surface area contributed by atoms with Gasteiger partial charge in [-0.2, -0.15) is 0 Å². The van der Waals surface area contributed by atoms with E-state index >= 15 is 0 Å². The molecule has 1 aliphatic heterocycles. The van der Waals surface area contributed by atoms with E-state index in [0.29, 0.717) is 6.61 Å². The van der Waals surface area contributed by atoms with Crippen LogP contribution in [0.3, 0.4) is 0 Å². The third-order valence-corrected chi connectivity index (χ3v) is 3.36. The highest BCUT2D eigenvalue weighted by molar-refractivity contribution is 5.20. The first kappa shape index (κ1) is 12.3. The first-order chi connectivity index (χ1) is 8.24. The van der Waals surface area contributed by atoms with E-state index in [1.807, 2.05) is 31.3 Å². The van der Waals surface area contributed by atoms with Gasteiger partial charge in [0.1, 0.15) is 0 Å². The van der Waals surface area contributed by atoms with Crippen LogP contribution in [0.1, 0.15) is 18.0 Å². The van der Waals surface area contributed by atoms with Gasteiger partial charge in [0.25, 0.3) is 0 Å². The van der Waals surface area contributed by atoms with Crippen LogP contribution in [0.5, 0.6) is 0 Å². The summed E-state index contributed by atoms with van der Waals surface area (Å²) in [5.41, 5.74) is 1.22. The molecule has 2 rings (SSSR count). The standard InChI is InChI=1S/C14H19NO2/c1-3-7-12-14(16)17-10-13(15(12)2)11-8-5-4-6-9-11/h3-6,8-9,12-14,16H,1,7,10H2,2H3/t12-,13+,14?/m1/s1. The first-order valence-corrected chi connectivity index (χ1v) is 5.91. The molecule has 1 aromatic carbocycles. The summed E-state index contributed by atoms with van der Waals surface area (Å²) in [4.78, 5) is 2.17. The van der Waals surface area contributed by atoms with Crippen molar-refractivity contribution >= 4 is 0 Å². The number of hydrogen-bond acceptors (Lipinski definition) is 3. The number of benzene rings is 1. The monoisotopic (exact) mass is 233 g/mol. The second-order valence-electron chi connectivity index (χ2n) is 4.41. The van der Waals surface area contributed by atoms with Crippen molar-refractivity contribution in [3.8, 4) is 0 Å². The summed E-state index contributed by atoms with van der Waals surface area (Å²) in [7, 11) is 2.03. The zero-order valence-corrected chi connectivity index (χ0v) is 10.1. The minimum absolute atomic E-state index is 0.0218. The van der Waals surface area contributed by atoms with Crippen LogP contribution < -0.4 is 0 Å². The van der Waals surface area contributed by atoms with Crippen LogP contribution >= 0.6 is 0 Å². The van der Waals surface area contributed by atoms with Crippen molar-refractivity contribution in [3.05, 3.63) is 48.6 Å². The third kappa shape index (κ3) is 2.57. The molecule has 17 heavy (non-hydrogen) atoms. The molecular weight excluding hydrogens is 214 g/mol. The molecule has 1 aromatic rings. The summed E-state index contributed by atoms with van der Waals surface area (Å²) in [6.45, 7) is 4.25. The second-order valence-corrected chi connectivity index (χ2v) is 4.41. The van der Waals surface area contributed by atoms with E-state index in [0.717, 1.165) is 6.42 Å². The van der Waals surface area contributed by atoms with Gasteiger partial charge in [0.15, 0.2) is 6.29 Å². The van der Waals surface area contributed by atoms with Crippen molar-refractivity contribution in [2.24, 2.45) is 0 Å². The SMILES string of the molecule is C=CC[C@@H]1C(O)OC[C@@H](c2ccccc2)N1C. The number of nitrogens with zero attached hydrogens (tertiary/aromatic N) is 1. The maximum Gasteiger partial charge on any atom is 0.170 e. The van der Waals surface area contributed by atoms with Crippen molar-refractivity contribution in [2.45, 2.75) is 24.8 Å². The van der Waals surface area contributed by atoms with E-state index in [-0.39, 0.29) is 12.1 Å². The van der Waals surface area contributed by atoms with Crippen LogP contribution in [0.2, 0.25) is 0 Å². The highest BCUT2D eigenvalue weighted by atomic mass is 16.6. The van der Waals surface area contributed by atoms with Gasteiger partial charge in [-0.05, 0) is 19.0 Å². The average molecular weight is 233 g/mol. The van der Waals surface area contributed by atoms with Gasteiger partial charge in [-0.15, -0.1) is 6.58 Å². The fraction of sp³-hybridized carbons (Fsp3) is 0.429.